The van der Waals surface area contributed by atoms with E-state index in [1.807, 2.05) is 36.1 Å². The maximum Gasteiger partial charge on any atom is 0.224 e. The predicted molar refractivity (Wildman–Crippen MR) is 84.6 cm³/mol. The number of benzene rings is 1. The molecule has 1 amide bonds. The van der Waals surface area contributed by atoms with Gasteiger partial charge in [-0.2, -0.15) is 0 Å². The number of hydrogen-bond donors (Lipinski definition) is 1. The Balaban J connectivity index is 1.75. The topological polar surface area (TPSA) is 49.4 Å². The molecule has 1 aliphatic heterocycles. The van der Waals surface area contributed by atoms with Gasteiger partial charge in [-0.1, -0.05) is 6.92 Å². The van der Waals surface area contributed by atoms with Crippen molar-refractivity contribution in [3.63, 3.8) is 0 Å². The van der Waals surface area contributed by atoms with Crippen molar-refractivity contribution < 1.29 is 9.59 Å². The van der Waals surface area contributed by atoms with Crippen molar-refractivity contribution in [3.05, 3.63) is 29.8 Å². The lowest BCUT2D eigenvalue weighted by molar-refractivity contribution is -0.131. The minimum absolute atomic E-state index is 0.154. The van der Waals surface area contributed by atoms with E-state index in [4.69, 9.17) is 0 Å². The fraction of sp³-hybridized carbons (Fsp3) is 0.529. The minimum Gasteiger partial charge on any atom is -0.385 e. The summed E-state index contributed by atoms with van der Waals surface area (Å²) < 4.78 is 0. The van der Waals surface area contributed by atoms with E-state index in [-0.39, 0.29) is 11.7 Å². The first kappa shape index (κ1) is 15.5. The number of ketones is 1. The van der Waals surface area contributed by atoms with Crippen LogP contribution >= 0.6 is 0 Å². The average molecular weight is 288 g/mol. The molecule has 1 aliphatic rings. The summed E-state index contributed by atoms with van der Waals surface area (Å²) >= 11 is 0. The van der Waals surface area contributed by atoms with Crippen molar-refractivity contribution in [3.8, 4) is 0 Å². The number of hydrogen-bond acceptors (Lipinski definition) is 3. The van der Waals surface area contributed by atoms with E-state index >= 15 is 0 Å². The molecule has 0 spiro atoms. The van der Waals surface area contributed by atoms with Crippen molar-refractivity contribution >= 4 is 17.4 Å². The molecule has 0 aliphatic carbocycles. The average Bonchev–Trinajstić information content (AvgIpc) is 2.55. The van der Waals surface area contributed by atoms with Crippen LogP contribution in [-0.4, -0.2) is 36.2 Å². The van der Waals surface area contributed by atoms with Crippen molar-refractivity contribution in [2.24, 2.45) is 0 Å². The van der Waals surface area contributed by atoms with Crippen LogP contribution in [0, 0.1) is 0 Å². The van der Waals surface area contributed by atoms with E-state index in [1.165, 1.54) is 6.42 Å². The molecule has 1 saturated heterocycles. The van der Waals surface area contributed by atoms with E-state index < -0.39 is 0 Å². The Kier molecular flexibility index (Phi) is 5.78. The largest absolute Gasteiger partial charge is 0.385 e. The Labute approximate surface area is 126 Å². The van der Waals surface area contributed by atoms with E-state index in [0.29, 0.717) is 19.4 Å². The molecule has 21 heavy (non-hydrogen) atoms. The summed E-state index contributed by atoms with van der Waals surface area (Å²) in [6, 6.07) is 7.46. The smallest absolute Gasteiger partial charge is 0.224 e. The summed E-state index contributed by atoms with van der Waals surface area (Å²) in [5, 5.41) is 3.24. The molecule has 1 N–H and O–H groups in total. The number of carbonyl (C=O) groups excluding carboxylic acids is 2. The summed E-state index contributed by atoms with van der Waals surface area (Å²) in [4.78, 5) is 25.5. The second kappa shape index (κ2) is 7.81. The molecular formula is C17H24N2O2. The zero-order valence-corrected chi connectivity index (χ0v) is 12.7. The number of piperidine rings is 1. The number of carbonyl (C=O) groups is 2. The highest BCUT2D eigenvalue weighted by molar-refractivity contribution is 5.96. The third-order valence-corrected chi connectivity index (χ3v) is 3.90. The molecule has 114 valence electrons. The standard InChI is InChI=1S/C17H24N2O2/c1-2-16(20)14-6-8-15(9-7-14)18-11-10-17(21)19-12-4-3-5-13-19/h6-9,18H,2-5,10-13H2,1H3. The van der Waals surface area contributed by atoms with Gasteiger partial charge in [-0.15, -0.1) is 0 Å². The van der Waals surface area contributed by atoms with Gasteiger partial charge < -0.3 is 10.2 Å². The summed E-state index contributed by atoms with van der Waals surface area (Å²) in [7, 11) is 0. The molecular weight excluding hydrogens is 264 g/mol. The Morgan fingerprint density at radius 2 is 1.76 bits per heavy atom. The van der Waals surface area contributed by atoms with Crippen LogP contribution in [0.3, 0.4) is 0 Å². The van der Waals surface area contributed by atoms with Gasteiger partial charge in [0.05, 0.1) is 0 Å². The maximum atomic E-state index is 12.0. The molecule has 0 unspecified atom stereocenters. The fourth-order valence-electron chi connectivity index (χ4n) is 2.59. The lowest BCUT2D eigenvalue weighted by atomic mass is 10.1. The molecule has 2 rings (SSSR count). The quantitative estimate of drug-likeness (QED) is 0.818. The van der Waals surface area contributed by atoms with Crippen molar-refractivity contribution in [1.82, 2.24) is 4.90 Å². The normalized spacial score (nSPS) is 14.8. The van der Waals surface area contributed by atoms with E-state index in [0.717, 1.165) is 37.2 Å². The van der Waals surface area contributed by atoms with Crippen molar-refractivity contribution in [2.45, 2.75) is 39.0 Å². The minimum atomic E-state index is 0.154. The van der Waals surface area contributed by atoms with Crippen LogP contribution in [0.2, 0.25) is 0 Å². The van der Waals surface area contributed by atoms with Gasteiger partial charge >= 0.3 is 0 Å². The summed E-state index contributed by atoms with van der Waals surface area (Å²) in [5.41, 5.74) is 1.70. The van der Waals surface area contributed by atoms with E-state index in [2.05, 4.69) is 5.32 Å². The van der Waals surface area contributed by atoms with Gasteiger partial charge in [0.1, 0.15) is 0 Å². The number of amides is 1. The van der Waals surface area contributed by atoms with Gasteiger partial charge in [0.2, 0.25) is 5.91 Å². The second-order valence-electron chi connectivity index (χ2n) is 5.47. The fourth-order valence-corrected chi connectivity index (χ4v) is 2.59. The van der Waals surface area contributed by atoms with Gasteiger partial charge in [-0.3, -0.25) is 9.59 Å². The number of Topliss-reactive ketones (excluding diaryl/α,β-unsaturated/α-hetero) is 1. The SMILES string of the molecule is CCC(=O)c1ccc(NCCC(=O)N2CCCCC2)cc1. The van der Waals surface area contributed by atoms with Gasteiger partial charge in [-0.25, -0.2) is 0 Å². The number of anilines is 1. The molecule has 0 aromatic heterocycles. The van der Waals surface area contributed by atoms with Crippen LogP contribution < -0.4 is 5.32 Å². The molecule has 1 heterocycles. The van der Waals surface area contributed by atoms with Crippen molar-refractivity contribution in [2.75, 3.05) is 25.0 Å². The maximum absolute atomic E-state index is 12.0. The molecule has 1 fully saturated rings. The Morgan fingerprint density at radius 3 is 2.38 bits per heavy atom. The molecule has 0 bridgehead atoms. The van der Waals surface area contributed by atoms with Gasteiger partial charge in [0.25, 0.3) is 0 Å². The van der Waals surface area contributed by atoms with Crippen molar-refractivity contribution in [1.29, 1.82) is 0 Å². The molecule has 4 nitrogen and oxygen atoms in total. The third kappa shape index (κ3) is 4.59. The first-order valence-corrected chi connectivity index (χ1v) is 7.85. The highest BCUT2D eigenvalue weighted by Gasteiger charge is 2.15. The molecule has 4 heteroatoms. The van der Waals surface area contributed by atoms with Gasteiger partial charge in [-0.05, 0) is 43.5 Å². The molecule has 0 saturated carbocycles. The van der Waals surface area contributed by atoms with Gasteiger partial charge in [0.15, 0.2) is 5.78 Å². The van der Waals surface area contributed by atoms with Gasteiger partial charge in [0, 0.05) is 43.7 Å². The number of nitrogens with zero attached hydrogens (tertiary/aromatic N) is 1. The highest BCUT2D eigenvalue weighted by atomic mass is 16.2. The summed E-state index contributed by atoms with van der Waals surface area (Å²) in [6.45, 7) is 4.32. The van der Waals surface area contributed by atoms with Crippen LogP contribution in [0.15, 0.2) is 24.3 Å². The lowest BCUT2D eigenvalue weighted by Gasteiger charge is -2.26. The first-order valence-electron chi connectivity index (χ1n) is 7.85. The Bertz CT molecular complexity index is 476. The van der Waals surface area contributed by atoms with Crippen LogP contribution in [0.1, 0.15) is 49.4 Å². The number of likely N-dealkylation sites (tertiary alicyclic amines) is 1. The molecule has 0 atom stereocenters. The monoisotopic (exact) mass is 288 g/mol. The number of rotatable bonds is 6. The molecule has 1 aromatic rings. The zero-order chi connectivity index (χ0) is 15.1. The van der Waals surface area contributed by atoms with Crippen LogP contribution in [-0.2, 0) is 4.79 Å². The lowest BCUT2D eigenvalue weighted by Crippen LogP contribution is -2.36. The number of nitrogens with one attached hydrogen (secondary N) is 1. The summed E-state index contributed by atoms with van der Waals surface area (Å²) in [5.74, 6) is 0.391. The zero-order valence-electron chi connectivity index (χ0n) is 12.7. The van der Waals surface area contributed by atoms with Crippen LogP contribution in [0.5, 0.6) is 0 Å². The molecule has 0 radical (unpaired) electrons. The van der Waals surface area contributed by atoms with E-state index in [1.54, 1.807) is 0 Å². The highest BCUT2D eigenvalue weighted by Crippen LogP contribution is 2.12. The third-order valence-electron chi connectivity index (χ3n) is 3.90. The Hall–Kier alpha value is -1.84. The van der Waals surface area contributed by atoms with Crippen LogP contribution in [0.4, 0.5) is 5.69 Å². The van der Waals surface area contributed by atoms with Crippen LogP contribution in [0.25, 0.3) is 0 Å². The summed E-state index contributed by atoms with van der Waals surface area (Å²) in [6.07, 6.45) is 4.55. The Morgan fingerprint density at radius 1 is 1.10 bits per heavy atom. The second-order valence-corrected chi connectivity index (χ2v) is 5.47. The van der Waals surface area contributed by atoms with E-state index in [9.17, 15) is 9.59 Å². The first-order chi connectivity index (χ1) is 10.2. The predicted octanol–water partition coefficient (Wildman–Crippen LogP) is 3.09. The molecule has 1 aromatic carbocycles.